The Labute approximate surface area is 76.3 Å². The molecule has 2 unspecified atom stereocenters. The molecule has 0 bridgehead atoms. The lowest BCUT2D eigenvalue weighted by atomic mass is 9.92. The Morgan fingerprint density at radius 2 is 2.08 bits per heavy atom. The van der Waals surface area contributed by atoms with E-state index in [0.29, 0.717) is 0 Å². The molecule has 1 rings (SSSR count). The SMILES string of the molecule is O=C(O)C1CCS(=O)(=O)CC1CO. The van der Waals surface area contributed by atoms with Gasteiger partial charge in [0.05, 0.1) is 17.4 Å². The molecule has 0 saturated carbocycles. The average molecular weight is 208 g/mol. The second-order valence-electron chi connectivity index (χ2n) is 3.29. The third kappa shape index (κ3) is 2.41. The summed E-state index contributed by atoms with van der Waals surface area (Å²) in [5, 5.41) is 17.5. The summed E-state index contributed by atoms with van der Waals surface area (Å²) < 4.78 is 22.2. The number of sulfone groups is 1. The Morgan fingerprint density at radius 1 is 1.46 bits per heavy atom. The van der Waals surface area contributed by atoms with Gasteiger partial charge in [-0.1, -0.05) is 0 Å². The Kier molecular flexibility index (Phi) is 2.92. The maximum absolute atomic E-state index is 11.1. The molecule has 0 aliphatic carbocycles. The van der Waals surface area contributed by atoms with Crippen molar-refractivity contribution in [3.05, 3.63) is 0 Å². The second-order valence-corrected chi connectivity index (χ2v) is 5.52. The van der Waals surface area contributed by atoms with Gasteiger partial charge in [0.15, 0.2) is 9.84 Å². The van der Waals surface area contributed by atoms with Crippen molar-refractivity contribution < 1.29 is 23.4 Å². The molecular formula is C7H12O5S. The van der Waals surface area contributed by atoms with Crippen molar-refractivity contribution in [3.8, 4) is 0 Å². The molecule has 1 saturated heterocycles. The highest BCUT2D eigenvalue weighted by atomic mass is 32.2. The molecule has 0 aromatic carbocycles. The second kappa shape index (κ2) is 3.63. The van der Waals surface area contributed by atoms with Crippen LogP contribution in [0.3, 0.4) is 0 Å². The highest BCUT2D eigenvalue weighted by Crippen LogP contribution is 2.24. The van der Waals surface area contributed by atoms with Gasteiger partial charge in [-0.05, 0) is 6.42 Å². The van der Waals surface area contributed by atoms with Crippen molar-refractivity contribution >= 4 is 15.8 Å². The molecule has 0 aromatic rings. The van der Waals surface area contributed by atoms with Crippen LogP contribution < -0.4 is 0 Å². The largest absolute Gasteiger partial charge is 0.481 e. The molecule has 13 heavy (non-hydrogen) atoms. The van der Waals surface area contributed by atoms with E-state index in [1.807, 2.05) is 0 Å². The molecule has 2 N–H and O–H groups in total. The summed E-state index contributed by atoms with van der Waals surface area (Å²) in [6.45, 7) is -0.379. The molecule has 2 atom stereocenters. The highest BCUT2D eigenvalue weighted by molar-refractivity contribution is 7.91. The Bertz CT molecular complexity index is 294. The standard InChI is InChI=1S/C7H12O5S/c8-3-5-4-13(11,12)2-1-6(5)7(9)10/h5-6,8H,1-4H2,(H,9,10). The third-order valence-electron chi connectivity index (χ3n) is 2.33. The van der Waals surface area contributed by atoms with Crippen LogP contribution in [0.15, 0.2) is 0 Å². The number of aliphatic hydroxyl groups excluding tert-OH is 1. The first kappa shape index (κ1) is 10.5. The summed E-state index contributed by atoms with van der Waals surface area (Å²) >= 11 is 0. The summed E-state index contributed by atoms with van der Waals surface area (Å²) in [6, 6.07) is 0. The molecule has 0 aromatic heterocycles. The van der Waals surface area contributed by atoms with Crippen molar-refractivity contribution in [2.24, 2.45) is 11.8 Å². The Hall–Kier alpha value is -0.620. The number of carboxylic acid groups (broad SMARTS) is 1. The van der Waals surface area contributed by atoms with Crippen molar-refractivity contribution in [1.82, 2.24) is 0 Å². The van der Waals surface area contributed by atoms with E-state index in [-0.39, 0.29) is 24.5 Å². The van der Waals surface area contributed by atoms with Crippen LogP contribution in [0.2, 0.25) is 0 Å². The van der Waals surface area contributed by atoms with Gasteiger partial charge < -0.3 is 10.2 Å². The van der Waals surface area contributed by atoms with Gasteiger partial charge in [0.1, 0.15) is 0 Å². The van der Waals surface area contributed by atoms with Gasteiger partial charge in [0.2, 0.25) is 0 Å². The fourth-order valence-electron chi connectivity index (χ4n) is 1.57. The normalized spacial score (nSPS) is 32.7. The van der Waals surface area contributed by atoms with Gasteiger partial charge in [-0.2, -0.15) is 0 Å². The van der Waals surface area contributed by atoms with Crippen LogP contribution in [0.1, 0.15) is 6.42 Å². The van der Waals surface area contributed by atoms with E-state index in [2.05, 4.69) is 0 Å². The molecule has 0 spiro atoms. The molecule has 1 aliphatic heterocycles. The van der Waals surface area contributed by atoms with Gasteiger partial charge in [-0.3, -0.25) is 4.79 Å². The number of rotatable bonds is 2. The van der Waals surface area contributed by atoms with Crippen molar-refractivity contribution in [3.63, 3.8) is 0 Å². The average Bonchev–Trinajstić information content (AvgIpc) is 2.01. The molecule has 5 nitrogen and oxygen atoms in total. The molecule has 1 fully saturated rings. The van der Waals surface area contributed by atoms with Crippen LogP contribution in [-0.4, -0.2) is 42.7 Å². The molecular weight excluding hydrogens is 196 g/mol. The number of aliphatic hydroxyl groups is 1. The molecule has 1 heterocycles. The van der Waals surface area contributed by atoms with Gasteiger partial charge in [0, 0.05) is 12.5 Å². The molecule has 76 valence electrons. The minimum Gasteiger partial charge on any atom is -0.481 e. The zero-order chi connectivity index (χ0) is 10.1. The van der Waals surface area contributed by atoms with Crippen LogP contribution in [0.5, 0.6) is 0 Å². The lowest BCUT2D eigenvalue weighted by molar-refractivity contribution is -0.144. The third-order valence-corrected chi connectivity index (χ3v) is 4.12. The number of hydrogen-bond donors (Lipinski definition) is 2. The predicted octanol–water partition coefficient (Wildman–Crippen LogP) is -0.886. The lowest BCUT2D eigenvalue weighted by Crippen LogP contribution is -2.38. The molecule has 0 radical (unpaired) electrons. The van der Waals surface area contributed by atoms with Crippen molar-refractivity contribution in [2.45, 2.75) is 6.42 Å². The monoisotopic (exact) mass is 208 g/mol. The zero-order valence-corrected chi connectivity index (χ0v) is 7.83. The topological polar surface area (TPSA) is 91.7 Å². The Balaban J connectivity index is 2.77. The lowest BCUT2D eigenvalue weighted by Gasteiger charge is -2.26. The van der Waals surface area contributed by atoms with Crippen LogP contribution >= 0.6 is 0 Å². The number of hydrogen-bond acceptors (Lipinski definition) is 4. The van der Waals surface area contributed by atoms with Crippen LogP contribution in [0, 0.1) is 11.8 Å². The van der Waals surface area contributed by atoms with Crippen LogP contribution in [-0.2, 0) is 14.6 Å². The summed E-state index contributed by atoms with van der Waals surface area (Å²) in [5.41, 5.74) is 0. The van der Waals surface area contributed by atoms with Gasteiger partial charge in [0.25, 0.3) is 0 Å². The van der Waals surface area contributed by atoms with Crippen LogP contribution in [0.25, 0.3) is 0 Å². The van der Waals surface area contributed by atoms with E-state index >= 15 is 0 Å². The smallest absolute Gasteiger partial charge is 0.306 e. The summed E-state index contributed by atoms with van der Waals surface area (Å²) in [5.74, 6) is -2.67. The molecule has 1 aliphatic rings. The van der Waals surface area contributed by atoms with E-state index in [9.17, 15) is 13.2 Å². The number of carboxylic acids is 1. The van der Waals surface area contributed by atoms with E-state index in [4.69, 9.17) is 10.2 Å². The fourth-order valence-corrected chi connectivity index (χ4v) is 3.34. The molecule has 6 heteroatoms. The van der Waals surface area contributed by atoms with E-state index in [1.54, 1.807) is 0 Å². The van der Waals surface area contributed by atoms with E-state index < -0.39 is 27.6 Å². The summed E-state index contributed by atoms with van der Waals surface area (Å²) in [6.07, 6.45) is 0.114. The van der Waals surface area contributed by atoms with Crippen molar-refractivity contribution in [2.75, 3.05) is 18.1 Å². The number of carbonyl (C=O) groups is 1. The minimum absolute atomic E-state index is 0.0829. The van der Waals surface area contributed by atoms with E-state index in [1.165, 1.54) is 0 Å². The molecule has 0 amide bonds. The Morgan fingerprint density at radius 3 is 2.54 bits per heavy atom. The maximum Gasteiger partial charge on any atom is 0.306 e. The van der Waals surface area contributed by atoms with Gasteiger partial charge in [-0.15, -0.1) is 0 Å². The van der Waals surface area contributed by atoms with E-state index in [0.717, 1.165) is 0 Å². The first-order valence-corrected chi connectivity index (χ1v) is 5.82. The first-order valence-electron chi connectivity index (χ1n) is 4.00. The fraction of sp³-hybridized carbons (Fsp3) is 0.857. The quantitative estimate of drug-likeness (QED) is 0.614. The predicted molar refractivity (Wildman–Crippen MR) is 45.0 cm³/mol. The van der Waals surface area contributed by atoms with Gasteiger partial charge >= 0.3 is 5.97 Å². The minimum atomic E-state index is -3.13. The first-order chi connectivity index (χ1) is 5.96. The number of aliphatic carboxylic acids is 1. The zero-order valence-electron chi connectivity index (χ0n) is 7.01. The highest BCUT2D eigenvalue weighted by Gasteiger charge is 2.36. The summed E-state index contributed by atoms with van der Waals surface area (Å²) in [7, 11) is -3.13. The van der Waals surface area contributed by atoms with Gasteiger partial charge in [-0.25, -0.2) is 8.42 Å². The van der Waals surface area contributed by atoms with Crippen LogP contribution in [0.4, 0.5) is 0 Å². The maximum atomic E-state index is 11.1. The van der Waals surface area contributed by atoms with Crippen molar-refractivity contribution in [1.29, 1.82) is 0 Å². The summed E-state index contributed by atoms with van der Waals surface area (Å²) in [4.78, 5) is 10.6.